The van der Waals surface area contributed by atoms with Crippen LogP contribution < -0.4 is 5.32 Å². The van der Waals surface area contributed by atoms with Gasteiger partial charge in [-0.2, -0.15) is 13.8 Å². The van der Waals surface area contributed by atoms with E-state index in [1.54, 1.807) is 19.1 Å². The van der Waals surface area contributed by atoms with Crippen molar-refractivity contribution in [2.75, 3.05) is 5.32 Å². The first-order valence-corrected chi connectivity index (χ1v) is 5.74. The van der Waals surface area contributed by atoms with Crippen LogP contribution in [-0.2, 0) is 0 Å². The Balaban J connectivity index is 2.23. The third-order valence-electron chi connectivity index (χ3n) is 2.50. The fraction of sp³-hybridized carbons (Fsp3) is 0.0769. The van der Waals surface area contributed by atoms with Crippen LogP contribution in [0.1, 0.15) is 15.9 Å². The molecule has 0 saturated heterocycles. The first-order chi connectivity index (χ1) is 8.97. The predicted molar refractivity (Wildman–Crippen MR) is 68.3 cm³/mol. The number of halogens is 3. The van der Waals surface area contributed by atoms with Gasteiger partial charge in [0.1, 0.15) is 0 Å². The zero-order valence-electron chi connectivity index (χ0n) is 9.88. The summed E-state index contributed by atoms with van der Waals surface area (Å²) in [5, 5.41) is 2.73. The second-order valence-corrected chi connectivity index (χ2v) is 4.30. The van der Waals surface area contributed by atoms with Crippen molar-refractivity contribution < 1.29 is 13.6 Å². The second-order valence-electron chi connectivity index (χ2n) is 3.89. The number of nitrogens with zero attached hydrogens (tertiary/aromatic N) is 1. The molecule has 1 N–H and O–H groups in total. The molecule has 0 aliphatic heterocycles. The normalized spacial score (nSPS) is 10.3. The number of carbonyl (C=O) groups is 1. The predicted octanol–water partition coefficient (Wildman–Crippen LogP) is 3.57. The highest BCUT2D eigenvalue weighted by molar-refractivity contribution is 6.31. The van der Waals surface area contributed by atoms with Crippen LogP contribution in [0.25, 0.3) is 0 Å². The van der Waals surface area contributed by atoms with Gasteiger partial charge in [-0.25, -0.2) is 0 Å². The van der Waals surface area contributed by atoms with Crippen LogP contribution in [0.2, 0.25) is 5.02 Å². The van der Waals surface area contributed by atoms with E-state index in [2.05, 4.69) is 10.3 Å². The standard InChI is InChI=1S/C13H9ClF2N2O/c1-7-2-3-8(6-9(7)14)13(19)17-10-4-5-11(15)18-12(10)16/h2-6H,1H3,(H,17,19). The molecule has 2 rings (SSSR count). The fourth-order valence-corrected chi connectivity index (χ4v) is 1.61. The van der Waals surface area contributed by atoms with Gasteiger partial charge in [0.2, 0.25) is 11.9 Å². The van der Waals surface area contributed by atoms with Crippen LogP contribution in [0.4, 0.5) is 14.5 Å². The van der Waals surface area contributed by atoms with E-state index >= 15 is 0 Å². The van der Waals surface area contributed by atoms with Crippen LogP contribution in [0.5, 0.6) is 0 Å². The van der Waals surface area contributed by atoms with Crippen LogP contribution >= 0.6 is 11.6 Å². The van der Waals surface area contributed by atoms with Gasteiger partial charge >= 0.3 is 0 Å². The molecule has 0 aliphatic rings. The summed E-state index contributed by atoms with van der Waals surface area (Å²) in [6.07, 6.45) is 0. The molecular weight excluding hydrogens is 274 g/mol. The van der Waals surface area contributed by atoms with Gasteiger partial charge in [0.15, 0.2) is 0 Å². The zero-order chi connectivity index (χ0) is 14.0. The van der Waals surface area contributed by atoms with E-state index in [1.165, 1.54) is 6.07 Å². The Morgan fingerprint density at radius 3 is 2.63 bits per heavy atom. The Morgan fingerprint density at radius 2 is 2.00 bits per heavy atom. The number of anilines is 1. The Bertz CT molecular complexity index is 647. The minimum Gasteiger partial charge on any atom is -0.318 e. The van der Waals surface area contributed by atoms with Gasteiger partial charge in [0.05, 0.1) is 5.69 Å². The van der Waals surface area contributed by atoms with Crippen molar-refractivity contribution in [2.24, 2.45) is 0 Å². The van der Waals surface area contributed by atoms with Gasteiger partial charge in [-0.1, -0.05) is 17.7 Å². The van der Waals surface area contributed by atoms with Crippen molar-refractivity contribution >= 4 is 23.2 Å². The van der Waals surface area contributed by atoms with Gasteiger partial charge in [0.25, 0.3) is 5.91 Å². The zero-order valence-corrected chi connectivity index (χ0v) is 10.6. The maximum atomic E-state index is 13.3. The Labute approximate surface area is 113 Å². The number of hydrogen-bond acceptors (Lipinski definition) is 2. The fourth-order valence-electron chi connectivity index (χ4n) is 1.43. The Morgan fingerprint density at radius 1 is 1.26 bits per heavy atom. The molecule has 0 radical (unpaired) electrons. The molecule has 6 heteroatoms. The average Bonchev–Trinajstić information content (AvgIpc) is 2.36. The topological polar surface area (TPSA) is 42.0 Å². The van der Waals surface area contributed by atoms with Crippen molar-refractivity contribution in [3.05, 3.63) is 58.4 Å². The maximum Gasteiger partial charge on any atom is 0.255 e. The molecule has 19 heavy (non-hydrogen) atoms. The van der Waals surface area contributed by atoms with Gasteiger partial charge in [0, 0.05) is 10.6 Å². The minimum absolute atomic E-state index is 0.192. The van der Waals surface area contributed by atoms with E-state index in [1.807, 2.05) is 0 Å². The lowest BCUT2D eigenvalue weighted by Gasteiger charge is -2.07. The van der Waals surface area contributed by atoms with Crippen LogP contribution in [0.15, 0.2) is 30.3 Å². The quantitative estimate of drug-likeness (QED) is 0.856. The summed E-state index contributed by atoms with van der Waals surface area (Å²) in [7, 11) is 0. The number of aromatic nitrogens is 1. The summed E-state index contributed by atoms with van der Waals surface area (Å²) in [5.74, 6) is -2.57. The summed E-state index contributed by atoms with van der Waals surface area (Å²) in [6, 6.07) is 6.77. The van der Waals surface area contributed by atoms with E-state index in [9.17, 15) is 13.6 Å². The van der Waals surface area contributed by atoms with Crippen molar-refractivity contribution in [3.8, 4) is 0 Å². The lowest BCUT2D eigenvalue weighted by Crippen LogP contribution is -2.13. The second kappa shape index (κ2) is 5.32. The van der Waals surface area contributed by atoms with Gasteiger partial charge in [-0.05, 0) is 36.8 Å². The molecular formula is C13H9ClF2N2O. The van der Waals surface area contributed by atoms with Crippen molar-refractivity contribution in [2.45, 2.75) is 6.92 Å². The molecule has 1 aromatic heterocycles. The van der Waals surface area contributed by atoms with E-state index in [0.29, 0.717) is 5.02 Å². The van der Waals surface area contributed by atoms with E-state index < -0.39 is 17.8 Å². The average molecular weight is 283 g/mol. The number of benzene rings is 1. The molecule has 0 saturated carbocycles. The number of nitrogens with one attached hydrogen (secondary N) is 1. The summed E-state index contributed by atoms with van der Waals surface area (Å²) >= 11 is 5.90. The lowest BCUT2D eigenvalue weighted by molar-refractivity contribution is 0.102. The molecule has 98 valence electrons. The van der Waals surface area contributed by atoms with Crippen LogP contribution in [0.3, 0.4) is 0 Å². The highest BCUT2D eigenvalue weighted by Crippen LogP contribution is 2.18. The minimum atomic E-state index is -1.08. The summed E-state index contributed by atoms with van der Waals surface area (Å²) in [5.41, 5.74) is 0.912. The van der Waals surface area contributed by atoms with Gasteiger partial charge in [-0.3, -0.25) is 4.79 Å². The molecule has 0 unspecified atom stereocenters. The number of pyridine rings is 1. The van der Waals surface area contributed by atoms with Crippen LogP contribution in [-0.4, -0.2) is 10.9 Å². The van der Waals surface area contributed by atoms with E-state index in [0.717, 1.165) is 17.7 Å². The Hall–Kier alpha value is -2.01. The highest BCUT2D eigenvalue weighted by Gasteiger charge is 2.11. The van der Waals surface area contributed by atoms with Gasteiger partial charge < -0.3 is 5.32 Å². The molecule has 0 fully saturated rings. The molecule has 1 amide bonds. The Kier molecular flexibility index (Phi) is 3.76. The van der Waals surface area contributed by atoms with Crippen LogP contribution in [0, 0.1) is 18.8 Å². The van der Waals surface area contributed by atoms with Gasteiger partial charge in [-0.15, -0.1) is 0 Å². The third-order valence-corrected chi connectivity index (χ3v) is 2.90. The monoisotopic (exact) mass is 282 g/mol. The molecule has 0 aliphatic carbocycles. The van der Waals surface area contributed by atoms with E-state index in [4.69, 9.17) is 11.6 Å². The molecule has 0 atom stereocenters. The molecule has 1 heterocycles. The SMILES string of the molecule is Cc1ccc(C(=O)Nc2ccc(F)nc2F)cc1Cl. The first kappa shape index (κ1) is 13.4. The van der Waals surface area contributed by atoms with Crippen molar-refractivity contribution in [1.29, 1.82) is 0 Å². The molecule has 0 spiro atoms. The van der Waals surface area contributed by atoms with Crippen molar-refractivity contribution in [3.63, 3.8) is 0 Å². The summed E-state index contributed by atoms with van der Waals surface area (Å²) < 4.78 is 25.9. The highest BCUT2D eigenvalue weighted by atomic mass is 35.5. The maximum absolute atomic E-state index is 13.3. The number of amides is 1. The molecule has 0 bridgehead atoms. The number of carbonyl (C=O) groups excluding carboxylic acids is 1. The number of aryl methyl sites for hydroxylation is 1. The third kappa shape index (κ3) is 3.06. The van der Waals surface area contributed by atoms with Crippen molar-refractivity contribution in [1.82, 2.24) is 4.98 Å². The lowest BCUT2D eigenvalue weighted by atomic mass is 10.1. The number of rotatable bonds is 2. The molecule has 3 nitrogen and oxygen atoms in total. The number of hydrogen-bond donors (Lipinski definition) is 1. The molecule has 2 aromatic rings. The summed E-state index contributed by atoms with van der Waals surface area (Å²) in [6.45, 7) is 1.80. The smallest absolute Gasteiger partial charge is 0.255 e. The summed E-state index contributed by atoms with van der Waals surface area (Å²) in [4.78, 5) is 14.8. The van der Waals surface area contributed by atoms with E-state index in [-0.39, 0.29) is 11.3 Å². The first-order valence-electron chi connectivity index (χ1n) is 5.37. The largest absolute Gasteiger partial charge is 0.318 e. The molecule has 1 aromatic carbocycles.